The van der Waals surface area contributed by atoms with Crippen LogP contribution >= 0.6 is 0 Å². The maximum atomic E-state index is 6.06. The zero-order chi connectivity index (χ0) is 11.5. The van der Waals surface area contributed by atoms with E-state index in [4.69, 9.17) is 10.5 Å². The van der Waals surface area contributed by atoms with Crippen molar-refractivity contribution in [3.63, 3.8) is 0 Å². The lowest BCUT2D eigenvalue weighted by atomic mass is 9.88. The molecule has 2 atom stereocenters. The molecule has 88 valence electrons. The Balaban J connectivity index is 2.22. The molecule has 0 amide bonds. The predicted octanol–water partition coefficient (Wildman–Crippen LogP) is 1.44. The molecule has 1 aromatic carbocycles. The molecule has 1 aromatic rings. The molecule has 1 aliphatic rings. The molecule has 0 spiro atoms. The highest BCUT2D eigenvalue weighted by atomic mass is 16.5. The Labute approximate surface area is 97.2 Å². The zero-order valence-electron chi connectivity index (χ0n) is 10.0. The second-order valence-electron chi connectivity index (χ2n) is 4.66. The Morgan fingerprint density at radius 1 is 1.31 bits per heavy atom. The third kappa shape index (κ3) is 2.36. The van der Waals surface area contributed by atoms with E-state index in [-0.39, 0.29) is 6.04 Å². The van der Waals surface area contributed by atoms with Gasteiger partial charge in [-0.1, -0.05) is 18.2 Å². The fourth-order valence-corrected chi connectivity index (χ4v) is 2.59. The minimum Gasteiger partial charge on any atom is -0.496 e. The van der Waals surface area contributed by atoms with Crippen molar-refractivity contribution in [2.24, 2.45) is 5.73 Å². The number of likely N-dealkylation sites (tertiary alicyclic amines) is 1. The summed E-state index contributed by atoms with van der Waals surface area (Å²) >= 11 is 0. The fourth-order valence-electron chi connectivity index (χ4n) is 2.59. The van der Waals surface area contributed by atoms with Gasteiger partial charge in [-0.2, -0.15) is 0 Å². The first-order valence-corrected chi connectivity index (χ1v) is 5.77. The van der Waals surface area contributed by atoms with E-state index in [1.54, 1.807) is 7.11 Å². The van der Waals surface area contributed by atoms with Crippen molar-refractivity contribution >= 4 is 0 Å². The van der Waals surface area contributed by atoms with Crippen molar-refractivity contribution in [3.05, 3.63) is 29.8 Å². The molecule has 1 fully saturated rings. The summed E-state index contributed by atoms with van der Waals surface area (Å²) < 4.78 is 5.41. The van der Waals surface area contributed by atoms with Gasteiger partial charge < -0.3 is 15.4 Å². The van der Waals surface area contributed by atoms with Crippen molar-refractivity contribution in [1.82, 2.24) is 4.90 Å². The molecule has 2 N–H and O–H groups in total. The molecule has 2 rings (SSSR count). The Kier molecular flexibility index (Phi) is 3.46. The van der Waals surface area contributed by atoms with E-state index in [0.717, 1.165) is 25.3 Å². The Hall–Kier alpha value is -1.06. The van der Waals surface area contributed by atoms with E-state index in [9.17, 15) is 0 Å². The number of methoxy groups -OCH3 is 1. The zero-order valence-corrected chi connectivity index (χ0v) is 10.0. The third-order valence-corrected chi connectivity index (χ3v) is 3.24. The number of nitrogens with zero attached hydrogens (tertiary/aromatic N) is 1. The molecule has 0 saturated carbocycles. The highest BCUT2D eigenvalue weighted by molar-refractivity contribution is 5.36. The van der Waals surface area contributed by atoms with Gasteiger partial charge >= 0.3 is 0 Å². The van der Waals surface area contributed by atoms with Crippen LogP contribution < -0.4 is 10.5 Å². The third-order valence-electron chi connectivity index (χ3n) is 3.24. The lowest BCUT2D eigenvalue weighted by Gasteiger charge is -2.34. The fraction of sp³-hybridized carbons (Fsp3) is 0.538. The summed E-state index contributed by atoms with van der Waals surface area (Å²) in [5, 5.41) is 0. The first-order valence-electron chi connectivity index (χ1n) is 5.77. The average Bonchev–Trinajstić information content (AvgIpc) is 2.27. The number of ether oxygens (including phenoxy) is 1. The van der Waals surface area contributed by atoms with Crippen LogP contribution in [0.4, 0.5) is 0 Å². The number of nitrogens with two attached hydrogens (primary N) is 1. The number of hydrogen-bond acceptors (Lipinski definition) is 3. The summed E-state index contributed by atoms with van der Waals surface area (Å²) in [7, 11) is 3.85. The van der Waals surface area contributed by atoms with Crippen LogP contribution in [-0.2, 0) is 0 Å². The summed E-state index contributed by atoms with van der Waals surface area (Å²) in [5.41, 5.74) is 7.35. The molecule has 0 aromatic heterocycles. The van der Waals surface area contributed by atoms with Crippen molar-refractivity contribution in [2.45, 2.75) is 18.4 Å². The van der Waals surface area contributed by atoms with Gasteiger partial charge in [0.05, 0.1) is 7.11 Å². The maximum Gasteiger partial charge on any atom is 0.122 e. The number of para-hydroxylation sites is 1. The molecular weight excluding hydrogens is 200 g/mol. The van der Waals surface area contributed by atoms with Crippen LogP contribution in [0.15, 0.2) is 24.3 Å². The van der Waals surface area contributed by atoms with Gasteiger partial charge in [0.1, 0.15) is 5.75 Å². The smallest absolute Gasteiger partial charge is 0.122 e. The van der Waals surface area contributed by atoms with Gasteiger partial charge in [0.25, 0.3) is 0 Å². The van der Waals surface area contributed by atoms with Crippen LogP contribution in [0.5, 0.6) is 5.75 Å². The number of rotatable bonds is 2. The number of piperidine rings is 1. The van der Waals surface area contributed by atoms with Gasteiger partial charge in [-0.05, 0) is 25.1 Å². The normalized spacial score (nSPS) is 26.7. The quantitative estimate of drug-likeness (QED) is 0.819. The topological polar surface area (TPSA) is 38.5 Å². The van der Waals surface area contributed by atoms with E-state index in [2.05, 4.69) is 24.1 Å². The van der Waals surface area contributed by atoms with E-state index in [1.165, 1.54) is 5.56 Å². The van der Waals surface area contributed by atoms with E-state index in [1.807, 2.05) is 12.1 Å². The van der Waals surface area contributed by atoms with E-state index < -0.39 is 0 Å². The summed E-state index contributed by atoms with van der Waals surface area (Å²) in [4.78, 5) is 2.30. The molecule has 1 heterocycles. The number of likely N-dealkylation sites (N-methyl/N-ethyl adjacent to an activating group) is 1. The number of hydrogen-bond donors (Lipinski definition) is 1. The van der Waals surface area contributed by atoms with Crippen LogP contribution in [0.3, 0.4) is 0 Å². The van der Waals surface area contributed by atoms with E-state index in [0.29, 0.717) is 5.92 Å². The Bertz CT molecular complexity index is 344. The maximum absolute atomic E-state index is 6.06. The summed E-state index contributed by atoms with van der Waals surface area (Å²) in [6, 6.07) is 8.52. The minimum absolute atomic E-state index is 0.272. The van der Waals surface area contributed by atoms with Gasteiger partial charge in [0, 0.05) is 25.0 Å². The summed E-state index contributed by atoms with van der Waals surface area (Å²) in [5.74, 6) is 1.47. The van der Waals surface area contributed by atoms with Crippen LogP contribution in [-0.4, -0.2) is 38.2 Å². The van der Waals surface area contributed by atoms with E-state index >= 15 is 0 Å². The van der Waals surface area contributed by atoms with Crippen LogP contribution in [0.2, 0.25) is 0 Å². The van der Waals surface area contributed by atoms with Gasteiger partial charge in [0.2, 0.25) is 0 Å². The predicted molar refractivity (Wildman–Crippen MR) is 65.8 cm³/mol. The highest BCUT2D eigenvalue weighted by Crippen LogP contribution is 2.32. The first-order chi connectivity index (χ1) is 7.70. The lowest BCUT2D eigenvalue weighted by Crippen LogP contribution is -2.44. The molecule has 0 bridgehead atoms. The molecule has 1 saturated heterocycles. The lowest BCUT2D eigenvalue weighted by molar-refractivity contribution is 0.224. The Morgan fingerprint density at radius 3 is 2.75 bits per heavy atom. The first kappa shape index (κ1) is 11.4. The average molecular weight is 220 g/mol. The molecule has 2 unspecified atom stereocenters. The monoisotopic (exact) mass is 220 g/mol. The van der Waals surface area contributed by atoms with Crippen LogP contribution in [0.1, 0.15) is 17.9 Å². The van der Waals surface area contributed by atoms with Crippen LogP contribution in [0.25, 0.3) is 0 Å². The molecule has 16 heavy (non-hydrogen) atoms. The molecule has 0 aliphatic carbocycles. The van der Waals surface area contributed by atoms with Crippen molar-refractivity contribution < 1.29 is 4.74 Å². The van der Waals surface area contributed by atoms with Gasteiger partial charge in [-0.3, -0.25) is 0 Å². The SMILES string of the molecule is COc1ccccc1C1CC(N)CN(C)C1. The second kappa shape index (κ2) is 4.85. The van der Waals surface area contributed by atoms with Gasteiger partial charge in [0.15, 0.2) is 0 Å². The molecule has 0 radical (unpaired) electrons. The molecule has 3 heteroatoms. The van der Waals surface area contributed by atoms with Crippen molar-refractivity contribution in [1.29, 1.82) is 0 Å². The van der Waals surface area contributed by atoms with Gasteiger partial charge in [-0.25, -0.2) is 0 Å². The Morgan fingerprint density at radius 2 is 2.06 bits per heavy atom. The second-order valence-corrected chi connectivity index (χ2v) is 4.66. The number of benzene rings is 1. The summed E-state index contributed by atoms with van der Waals surface area (Å²) in [6.07, 6.45) is 1.05. The van der Waals surface area contributed by atoms with Crippen molar-refractivity contribution in [3.8, 4) is 5.75 Å². The van der Waals surface area contributed by atoms with Crippen molar-refractivity contribution in [2.75, 3.05) is 27.2 Å². The van der Waals surface area contributed by atoms with Gasteiger partial charge in [-0.15, -0.1) is 0 Å². The molecule has 3 nitrogen and oxygen atoms in total. The minimum atomic E-state index is 0.272. The standard InChI is InChI=1S/C13H20N2O/c1-15-8-10(7-11(14)9-15)12-5-3-4-6-13(12)16-2/h3-6,10-11H,7-9,14H2,1-2H3. The largest absolute Gasteiger partial charge is 0.496 e. The molecule has 1 aliphatic heterocycles. The summed E-state index contributed by atoms with van der Waals surface area (Å²) in [6.45, 7) is 2.06. The highest BCUT2D eigenvalue weighted by Gasteiger charge is 2.25. The van der Waals surface area contributed by atoms with Crippen LogP contribution in [0, 0.1) is 0 Å². The molecular formula is C13H20N2O.